The highest BCUT2D eigenvalue weighted by atomic mass is 16.1. The minimum absolute atomic E-state index is 0.101. The molecule has 0 fully saturated rings. The Morgan fingerprint density at radius 2 is 1.85 bits per heavy atom. The SMILES string of the molecule is CC(C)CNC(=O)CCNc1ccccc1C(C)(C)C. The summed E-state index contributed by atoms with van der Waals surface area (Å²) < 4.78 is 0. The zero-order chi connectivity index (χ0) is 15.2. The van der Waals surface area contributed by atoms with Crippen LogP contribution in [0.4, 0.5) is 5.69 Å². The maximum Gasteiger partial charge on any atom is 0.221 e. The van der Waals surface area contributed by atoms with E-state index >= 15 is 0 Å². The summed E-state index contributed by atoms with van der Waals surface area (Å²) in [5.74, 6) is 0.605. The van der Waals surface area contributed by atoms with E-state index in [4.69, 9.17) is 0 Å². The first kappa shape index (κ1) is 16.5. The molecule has 0 atom stereocenters. The van der Waals surface area contributed by atoms with E-state index < -0.39 is 0 Å². The Kier molecular flexibility index (Phi) is 6.05. The zero-order valence-electron chi connectivity index (χ0n) is 13.4. The molecule has 1 aromatic carbocycles. The molecule has 0 unspecified atom stereocenters. The first-order valence-electron chi connectivity index (χ1n) is 7.41. The Morgan fingerprint density at radius 3 is 2.45 bits per heavy atom. The van der Waals surface area contributed by atoms with Crippen molar-refractivity contribution in [1.82, 2.24) is 5.32 Å². The van der Waals surface area contributed by atoms with Gasteiger partial charge >= 0.3 is 0 Å². The zero-order valence-corrected chi connectivity index (χ0v) is 13.4. The molecule has 0 saturated carbocycles. The number of para-hydroxylation sites is 1. The Hall–Kier alpha value is -1.51. The van der Waals surface area contributed by atoms with Crippen LogP contribution in [0.15, 0.2) is 24.3 Å². The Morgan fingerprint density at radius 1 is 1.20 bits per heavy atom. The van der Waals surface area contributed by atoms with Crippen molar-refractivity contribution in [2.24, 2.45) is 5.92 Å². The molecule has 3 nitrogen and oxygen atoms in total. The van der Waals surface area contributed by atoms with Crippen molar-refractivity contribution in [3.8, 4) is 0 Å². The van der Waals surface area contributed by atoms with Crippen LogP contribution in [0, 0.1) is 5.92 Å². The van der Waals surface area contributed by atoms with Crippen LogP contribution in [-0.2, 0) is 10.2 Å². The quantitative estimate of drug-likeness (QED) is 0.834. The van der Waals surface area contributed by atoms with Crippen LogP contribution in [0.1, 0.15) is 46.6 Å². The predicted octanol–water partition coefficient (Wildman–Crippen LogP) is 3.56. The molecule has 0 heterocycles. The first-order chi connectivity index (χ1) is 9.30. The number of benzene rings is 1. The summed E-state index contributed by atoms with van der Waals surface area (Å²) in [4.78, 5) is 11.7. The second kappa shape index (κ2) is 7.32. The number of nitrogens with one attached hydrogen (secondary N) is 2. The molecule has 0 aromatic heterocycles. The molecule has 0 spiro atoms. The minimum Gasteiger partial charge on any atom is -0.384 e. The molecule has 1 aromatic rings. The van der Waals surface area contributed by atoms with Gasteiger partial charge in [0.25, 0.3) is 0 Å². The van der Waals surface area contributed by atoms with Crippen molar-refractivity contribution < 1.29 is 4.79 Å². The van der Waals surface area contributed by atoms with E-state index in [1.165, 1.54) is 5.56 Å². The summed E-state index contributed by atoms with van der Waals surface area (Å²) in [6.45, 7) is 12.2. The number of hydrogen-bond donors (Lipinski definition) is 2. The minimum atomic E-state index is 0.101. The fourth-order valence-electron chi connectivity index (χ4n) is 2.01. The van der Waals surface area contributed by atoms with Crippen molar-refractivity contribution in [2.75, 3.05) is 18.4 Å². The highest BCUT2D eigenvalue weighted by Crippen LogP contribution is 2.29. The third-order valence-corrected chi connectivity index (χ3v) is 3.11. The molecule has 0 radical (unpaired) electrons. The molecule has 0 aliphatic heterocycles. The van der Waals surface area contributed by atoms with Crippen molar-refractivity contribution in [3.05, 3.63) is 29.8 Å². The van der Waals surface area contributed by atoms with Gasteiger partial charge < -0.3 is 10.6 Å². The maximum atomic E-state index is 11.7. The van der Waals surface area contributed by atoms with Crippen LogP contribution in [0.25, 0.3) is 0 Å². The summed E-state index contributed by atoms with van der Waals surface area (Å²) in [5, 5.41) is 6.31. The lowest BCUT2D eigenvalue weighted by Crippen LogP contribution is -2.28. The molecule has 1 rings (SSSR count). The molecule has 20 heavy (non-hydrogen) atoms. The second-order valence-corrected chi connectivity index (χ2v) is 6.67. The van der Waals surface area contributed by atoms with Gasteiger partial charge in [-0.1, -0.05) is 52.8 Å². The molecule has 112 valence electrons. The fraction of sp³-hybridized carbons (Fsp3) is 0.588. The monoisotopic (exact) mass is 276 g/mol. The van der Waals surface area contributed by atoms with Crippen LogP contribution in [0.3, 0.4) is 0 Å². The van der Waals surface area contributed by atoms with Gasteiger partial charge in [0, 0.05) is 25.2 Å². The van der Waals surface area contributed by atoms with Crippen molar-refractivity contribution in [2.45, 2.75) is 46.5 Å². The number of carbonyl (C=O) groups excluding carboxylic acids is 1. The van der Waals surface area contributed by atoms with Crippen LogP contribution >= 0.6 is 0 Å². The van der Waals surface area contributed by atoms with Gasteiger partial charge in [0.1, 0.15) is 0 Å². The lowest BCUT2D eigenvalue weighted by atomic mass is 9.86. The lowest BCUT2D eigenvalue weighted by Gasteiger charge is -2.23. The largest absolute Gasteiger partial charge is 0.384 e. The van der Waals surface area contributed by atoms with E-state index in [-0.39, 0.29) is 11.3 Å². The number of carbonyl (C=O) groups is 1. The number of hydrogen-bond acceptors (Lipinski definition) is 2. The van der Waals surface area contributed by atoms with Crippen LogP contribution in [0.5, 0.6) is 0 Å². The average molecular weight is 276 g/mol. The number of amides is 1. The average Bonchev–Trinajstić information content (AvgIpc) is 2.36. The molecular formula is C17H28N2O. The van der Waals surface area contributed by atoms with Gasteiger partial charge in [-0.05, 0) is 23.0 Å². The van der Waals surface area contributed by atoms with E-state index in [0.29, 0.717) is 18.9 Å². The summed E-state index contributed by atoms with van der Waals surface area (Å²) in [6, 6.07) is 8.30. The molecular weight excluding hydrogens is 248 g/mol. The smallest absolute Gasteiger partial charge is 0.221 e. The molecule has 2 N–H and O–H groups in total. The van der Waals surface area contributed by atoms with E-state index in [2.05, 4.69) is 63.5 Å². The van der Waals surface area contributed by atoms with Crippen molar-refractivity contribution in [1.29, 1.82) is 0 Å². The highest BCUT2D eigenvalue weighted by molar-refractivity contribution is 5.76. The van der Waals surface area contributed by atoms with Gasteiger partial charge in [-0.25, -0.2) is 0 Å². The first-order valence-corrected chi connectivity index (χ1v) is 7.41. The predicted molar refractivity (Wildman–Crippen MR) is 86.1 cm³/mol. The van der Waals surface area contributed by atoms with Gasteiger partial charge in [0.05, 0.1) is 0 Å². The van der Waals surface area contributed by atoms with E-state index in [1.54, 1.807) is 0 Å². The highest BCUT2D eigenvalue weighted by Gasteiger charge is 2.17. The standard InChI is InChI=1S/C17H28N2O/c1-13(2)12-19-16(20)10-11-18-15-9-7-6-8-14(15)17(3,4)5/h6-9,13,18H,10-12H2,1-5H3,(H,19,20). The third-order valence-electron chi connectivity index (χ3n) is 3.11. The van der Waals surface area contributed by atoms with Crippen LogP contribution in [0.2, 0.25) is 0 Å². The Bertz CT molecular complexity index is 433. The van der Waals surface area contributed by atoms with Crippen molar-refractivity contribution in [3.63, 3.8) is 0 Å². The normalized spacial score (nSPS) is 11.5. The maximum absolute atomic E-state index is 11.7. The van der Waals surface area contributed by atoms with Crippen molar-refractivity contribution >= 4 is 11.6 Å². The van der Waals surface area contributed by atoms with Crippen LogP contribution < -0.4 is 10.6 Å². The summed E-state index contributed by atoms with van der Waals surface area (Å²) in [5.41, 5.74) is 2.50. The lowest BCUT2D eigenvalue weighted by molar-refractivity contribution is -0.120. The van der Waals surface area contributed by atoms with Gasteiger partial charge in [-0.3, -0.25) is 4.79 Å². The topological polar surface area (TPSA) is 41.1 Å². The Balaban J connectivity index is 2.49. The van der Waals surface area contributed by atoms with Crippen LogP contribution in [-0.4, -0.2) is 19.0 Å². The molecule has 3 heteroatoms. The molecule has 0 aliphatic carbocycles. The van der Waals surface area contributed by atoms with E-state index in [0.717, 1.165) is 12.2 Å². The second-order valence-electron chi connectivity index (χ2n) is 6.67. The Labute approximate surface area is 123 Å². The van der Waals surface area contributed by atoms with Gasteiger partial charge in [0.15, 0.2) is 0 Å². The van der Waals surface area contributed by atoms with Gasteiger partial charge in [0.2, 0.25) is 5.91 Å². The van der Waals surface area contributed by atoms with Gasteiger partial charge in [-0.2, -0.15) is 0 Å². The summed E-state index contributed by atoms with van der Waals surface area (Å²) >= 11 is 0. The summed E-state index contributed by atoms with van der Waals surface area (Å²) in [6.07, 6.45) is 0.505. The van der Waals surface area contributed by atoms with E-state index in [1.807, 2.05) is 6.07 Å². The van der Waals surface area contributed by atoms with E-state index in [9.17, 15) is 4.79 Å². The number of anilines is 1. The number of rotatable bonds is 6. The molecule has 0 aliphatic rings. The van der Waals surface area contributed by atoms with Gasteiger partial charge in [-0.15, -0.1) is 0 Å². The summed E-state index contributed by atoms with van der Waals surface area (Å²) in [7, 11) is 0. The third kappa shape index (κ3) is 5.64. The fourth-order valence-corrected chi connectivity index (χ4v) is 2.01. The molecule has 0 bridgehead atoms. The molecule has 1 amide bonds. The molecule has 0 saturated heterocycles.